The summed E-state index contributed by atoms with van der Waals surface area (Å²) in [4.78, 5) is 33.3. The molecular weight excluding hydrogens is 342 g/mol. The zero-order valence-electron chi connectivity index (χ0n) is 15.4. The monoisotopic (exact) mass is 367 g/mol. The number of nitrogens with two attached hydrogens (primary N) is 1. The van der Waals surface area contributed by atoms with Crippen LogP contribution in [0.15, 0.2) is 18.3 Å². The first kappa shape index (κ1) is 17.9. The van der Waals surface area contributed by atoms with Crippen LogP contribution in [0.3, 0.4) is 0 Å². The van der Waals surface area contributed by atoms with Gasteiger partial charge in [0.2, 0.25) is 5.91 Å². The van der Waals surface area contributed by atoms with Gasteiger partial charge >= 0.3 is 0 Å². The summed E-state index contributed by atoms with van der Waals surface area (Å²) in [5, 5.41) is 9.21. The molecule has 1 saturated carbocycles. The number of aromatic nitrogens is 1. The largest absolute Gasteiger partial charge is 0.330 e. The third-order valence-electron chi connectivity index (χ3n) is 6.36. The predicted octanol–water partition coefficient (Wildman–Crippen LogP) is 1.44. The van der Waals surface area contributed by atoms with Gasteiger partial charge in [-0.05, 0) is 56.6 Å². The smallest absolute Gasteiger partial charge is 0.256 e. The normalized spacial score (nSPS) is 28.7. The average molecular weight is 367 g/mol. The van der Waals surface area contributed by atoms with E-state index in [1.165, 1.54) is 0 Å². The number of nitrogens with zero attached hydrogens (tertiary/aromatic N) is 4. The van der Waals surface area contributed by atoms with Crippen molar-refractivity contribution in [2.24, 2.45) is 11.7 Å². The van der Waals surface area contributed by atoms with E-state index in [9.17, 15) is 14.9 Å². The highest BCUT2D eigenvalue weighted by atomic mass is 16.2. The molecule has 2 atom stereocenters. The van der Waals surface area contributed by atoms with Crippen LogP contribution in [0.2, 0.25) is 0 Å². The highest BCUT2D eigenvalue weighted by Gasteiger charge is 2.39. The lowest BCUT2D eigenvalue weighted by molar-refractivity contribution is -0.134. The topological polar surface area (TPSA) is 103 Å². The highest BCUT2D eigenvalue weighted by Crippen LogP contribution is 2.34. The molecule has 1 saturated heterocycles. The Bertz CT molecular complexity index is 781. The van der Waals surface area contributed by atoms with Crippen LogP contribution in [-0.4, -0.2) is 51.3 Å². The Morgan fingerprint density at radius 2 is 2.07 bits per heavy atom. The summed E-state index contributed by atoms with van der Waals surface area (Å²) in [7, 11) is 0. The summed E-state index contributed by atoms with van der Waals surface area (Å²) in [6.45, 7) is 1.21. The molecule has 2 aliphatic heterocycles. The SMILES string of the molecule is N#C[C@@H]1CCCN1C(=O)C(N)C1CCC(N2Cc3ncccc3C2=O)CC1. The first-order valence-corrected chi connectivity index (χ1v) is 9.80. The molecule has 7 heteroatoms. The van der Waals surface area contributed by atoms with E-state index in [1.807, 2.05) is 11.0 Å². The number of carbonyl (C=O) groups is 2. The molecule has 0 spiro atoms. The number of nitriles is 1. The molecule has 1 aromatic rings. The minimum Gasteiger partial charge on any atom is -0.330 e. The molecule has 0 aromatic carbocycles. The van der Waals surface area contributed by atoms with E-state index < -0.39 is 6.04 Å². The molecule has 4 rings (SSSR count). The lowest BCUT2D eigenvalue weighted by atomic mass is 9.80. The van der Waals surface area contributed by atoms with Gasteiger partial charge in [0.1, 0.15) is 6.04 Å². The quantitative estimate of drug-likeness (QED) is 0.871. The van der Waals surface area contributed by atoms with E-state index in [-0.39, 0.29) is 29.8 Å². The number of rotatable bonds is 3. The van der Waals surface area contributed by atoms with Crippen LogP contribution in [0.1, 0.15) is 54.6 Å². The number of fused-ring (bicyclic) bond motifs is 1. The Balaban J connectivity index is 1.35. The molecule has 2 fully saturated rings. The minimum atomic E-state index is -0.548. The highest BCUT2D eigenvalue weighted by molar-refractivity contribution is 5.97. The van der Waals surface area contributed by atoms with Crippen LogP contribution in [0.4, 0.5) is 0 Å². The number of hydrogen-bond donors (Lipinski definition) is 1. The van der Waals surface area contributed by atoms with Crippen molar-refractivity contribution >= 4 is 11.8 Å². The predicted molar refractivity (Wildman–Crippen MR) is 98.2 cm³/mol. The second kappa shape index (κ2) is 7.28. The number of hydrogen-bond acceptors (Lipinski definition) is 5. The van der Waals surface area contributed by atoms with E-state index in [2.05, 4.69) is 11.1 Å². The fraction of sp³-hybridized carbons (Fsp3) is 0.600. The molecule has 1 unspecified atom stereocenters. The molecule has 3 aliphatic rings. The van der Waals surface area contributed by atoms with Crippen LogP contribution in [0, 0.1) is 17.2 Å². The molecule has 1 aromatic heterocycles. The first-order valence-electron chi connectivity index (χ1n) is 9.80. The summed E-state index contributed by atoms with van der Waals surface area (Å²) < 4.78 is 0. The van der Waals surface area contributed by atoms with E-state index >= 15 is 0 Å². The maximum absolute atomic E-state index is 12.7. The van der Waals surface area contributed by atoms with Gasteiger partial charge in [0, 0.05) is 18.8 Å². The summed E-state index contributed by atoms with van der Waals surface area (Å²) in [5.41, 5.74) is 7.86. The lowest BCUT2D eigenvalue weighted by Gasteiger charge is -2.37. The van der Waals surface area contributed by atoms with Gasteiger partial charge in [-0.25, -0.2) is 0 Å². The average Bonchev–Trinajstić information content (AvgIpc) is 3.32. The van der Waals surface area contributed by atoms with Gasteiger partial charge in [0.15, 0.2) is 0 Å². The van der Waals surface area contributed by atoms with Crippen LogP contribution in [-0.2, 0) is 11.3 Å². The molecule has 1 aliphatic carbocycles. The van der Waals surface area contributed by atoms with Gasteiger partial charge < -0.3 is 15.5 Å². The maximum Gasteiger partial charge on any atom is 0.256 e. The molecule has 7 nitrogen and oxygen atoms in total. The lowest BCUT2D eigenvalue weighted by Crippen LogP contribution is -2.50. The number of likely N-dealkylation sites (tertiary alicyclic amines) is 1. The Kier molecular flexibility index (Phi) is 4.83. The maximum atomic E-state index is 12.7. The number of amides is 2. The van der Waals surface area contributed by atoms with E-state index in [4.69, 9.17) is 5.73 Å². The van der Waals surface area contributed by atoms with Gasteiger partial charge in [-0.15, -0.1) is 0 Å². The second-order valence-electron chi connectivity index (χ2n) is 7.84. The molecular formula is C20H25N5O2. The van der Waals surface area contributed by atoms with Gasteiger partial charge in [-0.2, -0.15) is 5.26 Å². The molecule has 2 amide bonds. The van der Waals surface area contributed by atoms with Crippen molar-refractivity contribution in [3.05, 3.63) is 29.6 Å². The van der Waals surface area contributed by atoms with Crippen molar-refractivity contribution < 1.29 is 9.59 Å². The Morgan fingerprint density at radius 1 is 1.30 bits per heavy atom. The van der Waals surface area contributed by atoms with Gasteiger partial charge in [-0.1, -0.05) is 0 Å². The molecule has 0 radical (unpaired) electrons. The first-order chi connectivity index (χ1) is 13.1. The Labute approximate surface area is 159 Å². The van der Waals surface area contributed by atoms with Crippen LogP contribution in [0.25, 0.3) is 0 Å². The third kappa shape index (κ3) is 3.19. The Hall–Kier alpha value is -2.46. The van der Waals surface area contributed by atoms with E-state index in [0.717, 1.165) is 44.2 Å². The van der Waals surface area contributed by atoms with Gasteiger partial charge in [0.05, 0.1) is 29.9 Å². The fourth-order valence-electron chi connectivity index (χ4n) is 4.77. The summed E-state index contributed by atoms with van der Waals surface area (Å²) >= 11 is 0. The zero-order valence-corrected chi connectivity index (χ0v) is 15.4. The van der Waals surface area contributed by atoms with Crippen molar-refractivity contribution in [3.8, 4) is 6.07 Å². The van der Waals surface area contributed by atoms with Crippen molar-refractivity contribution in [2.75, 3.05) is 6.54 Å². The van der Waals surface area contributed by atoms with Gasteiger partial charge in [-0.3, -0.25) is 14.6 Å². The van der Waals surface area contributed by atoms with E-state index in [1.54, 1.807) is 17.2 Å². The van der Waals surface area contributed by atoms with Crippen LogP contribution >= 0.6 is 0 Å². The van der Waals surface area contributed by atoms with Crippen molar-refractivity contribution in [1.29, 1.82) is 5.26 Å². The zero-order chi connectivity index (χ0) is 19.0. The number of carbonyl (C=O) groups excluding carboxylic acids is 2. The molecule has 142 valence electrons. The van der Waals surface area contributed by atoms with Crippen LogP contribution < -0.4 is 5.73 Å². The number of pyridine rings is 1. The summed E-state index contributed by atoms with van der Waals surface area (Å²) in [5.74, 6) is 0.0964. The molecule has 27 heavy (non-hydrogen) atoms. The summed E-state index contributed by atoms with van der Waals surface area (Å²) in [6.07, 6.45) is 6.71. The second-order valence-corrected chi connectivity index (χ2v) is 7.84. The minimum absolute atomic E-state index is 0.0656. The van der Waals surface area contributed by atoms with Crippen molar-refractivity contribution in [2.45, 2.75) is 63.2 Å². The Morgan fingerprint density at radius 3 is 2.78 bits per heavy atom. The van der Waals surface area contributed by atoms with Crippen molar-refractivity contribution in [3.63, 3.8) is 0 Å². The molecule has 0 bridgehead atoms. The summed E-state index contributed by atoms with van der Waals surface area (Å²) in [6, 6.07) is 5.16. The van der Waals surface area contributed by atoms with Crippen LogP contribution in [0.5, 0.6) is 0 Å². The van der Waals surface area contributed by atoms with Gasteiger partial charge in [0.25, 0.3) is 5.91 Å². The third-order valence-corrected chi connectivity index (χ3v) is 6.36. The fourth-order valence-corrected chi connectivity index (χ4v) is 4.77. The standard InChI is InChI=1S/C20H25N5O2/c21-11-15-3-2-10-24(15)20(27)18(22)13-5-7-14(8-6-13)25-12-17-16(19(25)26)4-1-9-23-17/h1,4,9,13-15,18H,2-3,5-8,10,12,22H2/t13?,14?,15-,18?/m0/s1. The van der Waals surface area contributed by atoms with E-state index in [0.29, 0.717) is 18.7 Å². The van der Waals surface area contributed by atoms with Crippen molar-refractivity contribution in [1.82, 2.24) is 14.8 Å². The molecule has 2 N–H and O–H groups in total. The molecule has 3 heterocycles.